The summed E-state index contributed by atoms with van der Waals surface area (Å²) in [5.41, 5.74) is 0.748. The predicted molar refractivity (Wildman–Crippen MR) is 98.1 cm³/mol. The highest BCUT2D eigenvalue weighted by Crippen LogP contribution is 2.22. The number of rotatable bonds is 6. The largest absolute Gasteiger partial charge is 0.348 e. The molecular formula is C18H23FN4O3S. The Labute approximate surface area is 158 Å². The molecular weight excluding hydrogens is 371 g/mol. The number of nitrogens with one attached hydrogen (secondary N) is 1. The van der Waals surface area contributed by atoms with Gasteiger partial charge < -0.3 is 5.32 Å². The number of halogens is 1. The number of hydrogen-bond acceptors (Lipinski definition) is 4. The molecule has 1 aliphatic heterocycles. The summed E-state index contributed by atoms with van der Waals surface area (Å²) in [6, 6.07) is 5.75. The summed E-state index contributed by atoms with van der Waals surface area (Å²) in [4.78, 5) is 12.6. The number of hydrogen-bond donors (Lipinski definition) is 1. The predicted octanol–water partition coefficient (Wildman–Crippen LogP) is 2.15. The second-order valence-corrected chi connectivity index (χ2v) is 8.33. The lowest BCUT2D eigenvalue weighted by Gasteiger charge is -2.25. The molecule has 7 nitrogen and oxygen atoms in total. The van der Waals surface area contributed by atoms with E-state index in [1.807, 2.05) is 6.92 Å². The number of nitrogens with zero attached hydrogens (tertiary/aromatic N) is 3. The van der Waals surface area contributed by atoms with Gasteiger partial charge >= 0.3 is 0 Å². The highest BCUT2D eigenvalue weighted by Gasteiger charge is 2.33. The maximum absolute atomic E-state index is 13.0. The van der Waals surface area contributed by atoms with E-state index in [1.165, 1.54) is 27.3 Å². The van der Waals surface area contributed by atoms with Gasteiger partial charge in [-0.25, -0.2) is 12.8 Å². The van der Waals surface area contributed by atoms with E-state index in [9.17, 15) is 17.6 Å². The monoisotopic (exact) mass is 394 g/mol. The molecule has 1 amide bonds. The van der Waals surface area contributed by atoms with Crippen molar-refractivity contribution in [1.82, 2.24) is 19.4 Å². The quantitative estimate of drug-likeness (QED) is 0.814. The number of amides is 1. The summed E-state index contributed by atoms with van der Waals surface area (Å²) in [5, 5.41) is 6.62. The van der Waals surface area contributed by atoms with Crippen LogP contribution in [0.2, 0.25) is 0 Å². The van der Waals surface area contributed by atoms with Crippen molar-refractivity contribution in [3.05, 3.63) is 47.4 Å². The van der Waals surface area contributed by atoms with Crippen molar-refractivity contribution in [3.8, 4) is 0 Å². The Morgan fingerprint density at radius 3 is 2.48 bits per heavy atom. The van der Waals surface area contributed by atoms with Crippen LogP contribution in [0.3, 0.4) is 0 Å². The Hall–Kier alpha value is -2.26. The first-order valence-electron chi connectivity index (χ1n) is 9.02. The van der Waals surface area contributed by atoms with Crippen LogP contribution in [0.15, 0.2) is 35.5 Å². The van der Waals surface area contributed by atoms with E-state index in [2.05, 4.69) is 10.4 Å². The molecule has 0 saturated carbocycles. The summed E-state index contributed by atoms with van der Waals surface area (Å²) in [7, 11) is -3.82. The first-order chi connectivity index (χ1) is 12.9. The van der Waals surface area contributed by atoms with Gasteiger partial charge in [0.2, 0.25) is 5.03 Å². The third-order valence-electron chi connectivity index (χ3n) is 4.56. The molecule has 1 fully saturated rings. The fourth-order valence-electron chi connectivity index (χ4n) is 3.02. The number of carbonyl (C=O) groups is 1. The van der Waals surface area contributed by atoms with Crippen LogP contribution in [0.4, 0.5) is 4.39 Å². The minimum atomic E-state index is -3.82. The standard InChI is InChI=1S/C18H23FN4O3S/c1-2-22-13-16(17(24)20-12-14-6-8-15(19)9-7-14)18(21-22)27(25,26)23-10-4-3-5-11-23/h6-9,13H,2-5,10-12H2,1H3,(H,20,24). The van der Waals surface area contributed by atoms with Crippen LogP contribution < -0.4 is 5.32 Å². The Morgan fingerprint density at radius 2 is 1.85 bits per heavy atom. The Kier molecular flexibility index (Phi) is 5.91. The number of carbonyl (C=O) groups excluding carboxylic acids is 1. The third kappa shape index (κ3) is 4.36. The van der Waals surface area contributed by atoms with E-state index < -0.39 is 15.9 Å². The Morgan fingerprint density at radius 1 is 1.19 bits per heavy atom. The lowest BCUT2D eigenvalue weighted by molar-refractivity contribution is 0.0947. The van der Waals surface area contributed by atoms with Crippen LogP contribution in [-0.2, 0) is 23.1 Å². The van der Waals surface area contributed by atoms with E-state index in [0.717, 1.165) is 19.3 Å². The topological polar surface area (TPSA) is 84.3 Å². The molecule has 1 aliphatic rings. The molecule has 27 heavy (non-hydrogen) atoms. The Bertz CT molecular complexity index is 903. The molecule has 0 spiro atoms. The molecule has 1 saturated heterocycles. The Balaban J connectivity index is 1.82. The lowest BCUT2D eigenvalue weighted by Crippen LogP contribution is -2.37. The molecule has 1 N–H and O–H groups in total. The van der Waals surface area contributed by atoms with E-state index in [4.69, 9.17) is 0 Å². The summed E-state index contributed by atoms with van der Waals surface area (Å²) < 4.78 is 41.8. The SMILES string of the molecule is CCn1cc(C(=O)NCc2ccc(F)cc2)c(S(=O)(=O)N2CCCCC2)n1. The van der Waals surface area contributed by atoms with Crippen molar-refractivity contribution in [2.24, 2.45) is 0 Å². The van der Waals surface area contributed by atoms with Crippen molar-refractivity contribution in [3.63, 3.8) is 0 Å². The minimum absolute atomic E-state index is 0.0320. The average Bonchev–Trinajstić information content (AvgIpc) is 3.13. The lowest BCUT2D eigenvalue weighted by atomic mass is 10.2. The summed E-state index contributed by atoms with van der Waals surface area (Å²) >= 11 is 0. The fraction of sp³-hybridized carbons (Fsp3) is 0.444. The molecule has 2 aromatic rings. The van der Waals surface area contributed by atoms with Gasteiger partial charge in [0, 0.05) is 32.4 Å². The van der Waals surface area contributed by atoms with Gasteiger partial charge in [-0.3, -0.25) is 9.48 Å². The van der Waals surface area contributed by atoms with Crippen LogP contribution in [0.5, 0.6) is 0 Å². The molecule has 9 heteroatoms. The van der Waals surface area contributed by atoms with Crippen LogP contribution in [0.25, 0.3) is 0 Å². The number of benzene rings is 1. The zero-order chi connectivity index (χ0) is 19.4. The fourth-order valence-corrected chi connectivity index (χ4v) is 4.63. The van der Waals surface area contributed by atoms with E-state index in [0.29, 0.717) is 25.2 Å². The van der Waals surface area contributed by atoms with Crippen LogP contribution >= 0.6 is 0 Å². The van der Waals surface area contributed by atoms with E-state index >= 15 is 0 Å². The van der Waals surface area contributed by atoms with Gasteiger partial charge in [-0.1, -0.05) is 18.6 Å². The van der Waals surface area contributed by atoms with Crippen molar-refractivity contribution >= 4 is 15.9 Å². The molecule has 0 bridgehead atoms. The van der Waals surface area contributed by atoms with Crippen molar-refractivity contribution < 1.29 is 17.6 Å². The molecule has 1 aromatic heterocycles. The second kappa shape index (κ2) is 8.18. The summed E-state index contributed by atoms with van der Waals surface area (Å²) in [6.45, 7) is 3.33. The van der Waals surface area contributed by atoms with Crippen molar-refractivity contribution in [1.29, 1.82) is 0 Å². The average molecular weight is 394 g/mol. The maximum Gasteiger partial charge on any atom is 0.263 e. The van der Waals surface area contributed by atoms with Gasteiger partial charge in [-0.2, -0.15) is 9.40 Å². The molecule has 146 valence electrons. The van der Waals surface area contributed by atoms with Crippen LogP contribution in [0, 0.1) is 5.82 Å². The first kappa shape index (κ1) is 19.5. The van der Waals surface area contributed by atoms with Crippen molar-refractivity contribution in [2.45, 2.75) is 44.3 Å². The van der Waals surface area contributed by atoms with E-state index in [1.54, 1.807) is 12.1 Å². The van der Waals surface area contributed by atoms with Crippen molar-refractivity contribution in [2.75, 3.05) is 13.1 Å². The van der Waals surface area contributed by atoms with Gasteiger partial charge in [0.1, 0.15) is 5.82 Å². The van der Waals surface area contributed by atoms with Crippen LogP contribution in [-0.4, -0.2) is 41.5 Å². The van der Waals surface area contributed by atoms with Gasteiger partial charge in [-0.15, -0.1) is 0 Å². The maximum atomic E-state index is 13.0. The zero-order valence-corrected chi connectivity index (χ0v) is 16.0. The van der Waals surface area contributed by atoms with E-state index in [-0.39, 0.29) is 23.0 Å². The normalized spacial score (nSPS) is 15.6. The van der Waals surface area contributed by atoms with Gasteiger partial charge in [0.25, 0.3) is 15.9 Å². The van der Waals surface area contributed by atoms with Crippen LogP contribution in [0.1, 0.15) is 42.1 Å². The number of aromatic nitrogens is 2. The molecule has 0 unspecified atom stereocenters. The van der Waals surface area contributed by atoms with Gasteiger partial charge in [0.15, 0.2) is 0 Å². The molecule has 0 radical (unpaired) electrons. The van der Waals surface area contributed by atoms with Gasteiger partial charge in [0.05, 0.1) is 5.56 Å². The smallest absolute Gasteiger partial charge is 0.263 e. The van der Waals surface area contributed by atoms with Gasteiger partial charge in [-0.05, 0) is 37.5 Å². The molecule has 0 atom stereocenters. The number of aryl methyl sites for hydroxylation is 1. The first-order valence-corrected chi connectivity index (χ1v) is 10.5. The number of sulfonamides is 1. The molecule has 0 aliphatic carbocycles. The highest BCUT2D eigenvalue weighted by atomic mass is 32.2. The number of piperidine rings is 1. The zero-order valence-electron chi connectivity index (χ0n) is 15.2. The summed E-state index contributed by atoms with van der Waals surface area (Å²) in [6.07, 6.45) is 4.07. The summed E-state index contributed by atoms with van der Waals surface area (Å²) in [5.74, 6) is -0.876. The second-order valence-electron chi connectivity index (χ2n) is 6.48. The highest BCUT2D eigenvalue weighted by molar-refractivity contribution is 7.89. The third-order valence-corrected chi connectivity index (χ3v) is 6.40. The molecule has 1 aromatic carbocycles. The molecule has 3 rings (SSSR count). The molecule has 2 heterocycles. The minimum Gasteiger partial charge on any atom is -0.348 e.